The Morgan fingerprint density at radius 2 is 1.68 bits per heavy atom. The zero-order valence-corrected chi connectivity index (χ0v) is 17.4. The molecule has 0 bridgehead atoms. The molecule has 0 aromatic heterocycles. The Balaban J connectivity index is 1.89. The van der Waals surface area contributed by atoms with E-state index in [4.69, 9.17) is 14.2 Å². The zero-order valence-electron chi connectivity index (χ0n) is 16.6. The molecule has 2 aromatic carbocycles. The van der Waals surface area contributed by atoms with Crippen molar-refractivity contribution in [2.45, 2.75) is 38.1 Å². The van der Waals surface area contributed by atoms with Crippen LogP contribution in [-0.2, 0) is 0 Å². The summed E-state index contributed by atoms with van der Waals surface area (Å²) in [5, 5.41) is 3.18. The first-order chi connectivity index (χ1) is 13.7. The summed E-state index contributed by atoms with van der Waals surface area (Å²) in [6.45, 7) is 7.15. The molecule has 1 heterocycles. The maximum atomic E-state index is 13.0. The van der Waals surface area contributed by atoms with Crippen molar-refractivity contribution in [3.05, 3.63) is 47.5 Å². The van der Waals surface area contributed by atoms with Crippen LogP contribution in [0.3, 0.4) is 0 Å². The third-order valence-corrected chi connectivity index (χ3v) is 5.56. The fourth-order valence-corrected chi connectivity index (χ4v) is 4.38. The van der Waals surface area contributed by atoms with Gasteiger partial charge in [0, 0.05) is 16.2 Å². The van der Waals surface area contributed by atoms with E-state index in [1.807, 2.05) is 44.7 Å². The van der Waals surface area contributed by atoms with E-state index in [1.165, 1.54) is 10.5 Å². The number of rotatable bonds is 8. The molecule has 28 heavy (non-hydrogen) atoms. The van der Waals surface area contributed by atoms with Gasteiger partial charge in [0.1, 0.15) is 0 Å². The van der Waals surface area contributed by atoms with Crippen LogP contribution in [-0.4, -0.2) is 31.5 Å². The molecular formula is C22H27NO4S. The smallest absolute Gasteiger partial charge is 0.252 e. The van der Waals surface area contributed by atoms with Crippen LogP contribution in [0, 0.1) is 0 Å². The van der Waals surface area contributed by atoms with Gasteiger partial charge in [0.15, 0.2) is 11.5 Å². The van der Waals surface area contributed by atoms with E-state index >= 15 is 0 Å². The molecule has 0 aliphatic carbocycles. The van der Waals surface area contributed by atoms with Crippen molar-refractivity contribution in [3.8, 4) is 17.2 Å². The van der Waals surface area contributed by atoms with Gasteiger partial charge in [-0.15, -0.1) is 11.8 Å². The van der Waals surface area contributed by atoms with Gasteiger partial charge in [0.05, 0.1) is 25.9 Å². The highest BCUT2D eigenvalue weighted by Gasteiger charge is 2.24. The quantitative estimate of drug-likeness (QED) is 0.685. The van der Waals surface area contributed by atoms with Crippen molar-refractivity contribution in [2.75, 3.05) is 25.6 Å². The molecule has 1 amide bonds. The van der Waals surface area contributed by atoms with Gasteiger partial charge in [-0.2, -0.15) is 0 Å². The second kappa shape index (κ2) is 9.73. The number of ether oxygens (including phenoxy) is 3. The highest BCUT2D eigenvalue weighted by Crippen LogP contribution is 2.40. The van der Waals surface area contributed by atoms with E-state index in [0.717, 1.165) is 12.2 Å². The summed E-state index contributed by atoms with van der Waals surface area (Å²) in [6.07, 6.45) is 0.904. The van der Waals surface area contributed by atoms with Crippen molar-refractivity contribution < 1.29 is 19.0 Å². The van der Waals surface area contributed by atoms with Gasteiger partial charge >= 0.3 is 0 Å². The standard InChI is InChI=1S/C22H27NO4S/c1-4-25-18-13-15(14-19(26-5-2)21(18)27-6-3)22(24)23-17-11-12-28-20-10-8-7-9-16(17)20/h7-10,13-14,17H,4-6,11-12H2,1-3H3,(H,23,24). The van der Waals surface area contributed by atoms with Gasteiger partial charge in [-0.1, -0.05) is 18.2 Å². The molecule has 1 unspecified atom stereocenters. The predicted molar refractivity (Wildman–Crippen MR) is 112 cm³/mol. The third-order valence-electron chi connectivity index (χ3n) is 4.44. The van der Waals surface area contributed by atoms with E-state index in [0.29, 0.717) is 42.6 Å². The van der Waals surface area contributed by atoms with Crippen LogP contribution in [0.25, 0.3) is 0 Å². The van der Waals surface area contributed by atoms with Crippen LogP contribution in [0.2, 0.25) is 0 Å². The van der Waals surface area contributed by atoms with Crippen molar-refractivity contribution >= 4 is 17.7 Å². The molecule has 0 saturated carbocycles. The number of nitrogens with one attached hydrogen (secondary N) is 1. The normalized spacial score (nSPS) is 15.5. The van der Waals surface area contributed by atoms with Crippen LogP contribution in [0.4, 0.5) is 0 Å². The van der Waals surface area contributed by atoms with Crippen LogP contribution >= 0.6 is 11.8 Å². The molecule has 1 N–H and O–H groups in total. The summed E-state index contributed by atoms with van der Waals surface area (Å²) in [5.74, 6) is 2.44. The number of benzene rings is 2. The van der Waals surface area contributed by atoms with Crippen LogP contribution < -0.4 is 19.5 Å². The lowest BCUT2D eigenvalue weighted by Gasteiger charge is -2.26. The number of fused-ring (bicyclic) bond motifs is 1. The minimum Gasteiger partial charge on any atom is -0.490 e. The Bertz CT molecular complexity index is 797. The van der Waals surface area contributed by atoms with Gasteiger partial charge in [-0.25, -0.2) is 0 Å². The van der Waals surface area contributed by atoms with Crippen LogP contribution in [0.5, 0.6) is 17.2 Å². The van der Waals surface area contributed by atoms with E-state index in [2.05, 4.69) is 17.4 Å². The largest absolute Gasteiger partial charge is 0.490 e. The molecule has 1 atom stereocenters. The lowest BCUT2D eigenvalue weighted by atomic mass is 10.0. The van der Waals surface area contributed by atoms with Gasteiger partial charge in [0.2, 0.25) is 5.75 Å². The lowest BCUT2D eigenvalue weighted by molar-refractivity contribution is 0.0934. The average molecular weight is 402 g/mol. The summed E-state index contributed by atoms with van der Waals surface area (Å²) < 4.78 is 17.2. The Hall–Kier alpha value is -2.34. The highest BCUT2D eigenvalue weighted by molar-refractivity contribution is 7.99. The number of thioether (sulfide) groups is 1. The van der Waals surface area contributed by atoms with E-state index in [9.17, 15) is 4.79 Å². The van der Waals surface area contributed by atoms with Crippen molar-refractivity contribution in [1.82, 2.24) is 5.32 Å². The van der Waals surface area contributed by atoms with E-state index in [1.54, 1.807) is 12.1 Å². The second-order valence-electron chi connectivity index (χ2n) is 6.30. The number of hydrogen-bond donors (Lipinski definition) is 1. The molecular weight excluding hydrogens is 374 g/mol. The molecule has 5 nitrogen and oxygen atoms in total. The molecule has 3 rings (SSSR count). The van der Waals surface area contributed by atoms with E-state index in [-0.39, 0.29) is 11.9 Å². The fourth-order valence-electron chi connectivity index (χ4n) is 3.25. The van der Waals surface area contributed by atoms with Crippen molar-refractivity contribution in [1.29, 1.82) is 0 Å². The first-order valence-corrected chi connectivity index (χ1v) is 10.7. The molecule has 150 valence electrons. The number of carbonyl (C=O) groups excluding carboxylic acids is 1. The Morgan fingerprint density at radius 1 is 1.04 bits per heavy atom. The highest BCUT2D eigenvalue weighted by atomic mass is 32.2. The lowest BCUT2D eigenvalue weighted by Crippen LogP contribution is -2.30. The van der Waals surface area contributed by atoms with Gasteiger partial charge < -0.3 is 19.5 Å². The molecule has 1 aliphatic rings. The first kappa shape index (κ1) is 20.4. The SMILES string of the molecule is CCOc1cc(C(=O)NC2CCSc3ccccc32)cc(OCC)c1OCC. The zero-order chi connectivity index (χ0) is 19.9. The molecule has 0 fully saturated rings. The summed E-state index contributed by atoms with van der Waals surface area (Å²) in [6, 6.07) is 11.7. The maximum Gasteiger partial charge on any atom is 0.252 e. The van der Waals surface area contributed by atoms with Crippen molar-refractivity contribution in [3.63, 3.8) is 0 Å². The molecule has 1 aliphatic heterocycles. The second-order valence-corrected chi connectivity index (χ2v) is 7.44. The Morgan fingerprint density at radius 3 is 2.32 bits per heavy atom. The summed E-state index contributed by atoms with van der Waals surface area (Å²) in [7, 11) is 0. The van der Waals surface area contributed by atoms with Gasteiger partial charge in [-0.3, -0.25) is 4.79 Å². The Kier molecular flexibility index (Phi) is 7.09. The number of amides is 1. The van der Waals surface area contributed by atoms with Crippen molar-refractivity contribution in [2.24, 2.45) is 0 Å². The van der Waals surface area contributed by atoms with Gasteiger partial charge in [-0.05, 0) is 51.0 Å². The van der Waals surface area contributed by atoms with Crippen LogP contribution in [0.1, 0.15) is 49.2 Å². The van der Waals surface area contributed by atoms with Crippen LogP contribution in [0.15, 0.2) is 41.3 Å². The fraction of sp³-hybridized carbons (Fsp3) is 0.409. The Labute approximate surface area is 170 Å². The van der Waals surface area contributed by atoms with E-state index < -0.39 is 0 Å². The molecule has 0 spiro atoms. The number of carbonyl (C=O) groups is 1. The number of hydrogen-bond acceptors (Lipinski definition) is 5. The predicted octanol–water partition coefficient (Wildman–Crippen LogP) is 4.85. The topological polar surface area (TPSA) is 56.8 Å². The minimum absolute atomic E-state index is 0.00241. The monoisotopic (exact) mass is 401 g/mol. The van der Waals surface area contributed by atoms with Gasteiger partial charge in [0.25, 0.3) is 5.91 Å². The molecule has 0 saturated heterocycles. The average Bonchev–Trinajstić information content (AvgIpc) is 2.71. The first-order valence-electron chi connectivity index (χ1n) is 9.76. The summed E-state index contributed by atoms with van der Waals surface area (Å²) in [4.78, 5) is 14.3. The molecule has 0 radical (unpaired) electrons. The molecule has 2 aromatic rings. The maximum absolute atomic E-state index is 13.0. The summed E-state index contributed by atoms with van der Waals surface area (Å²) in [5.41, 5.74) is 1.68. The molecule has 6 heteroatoms. The summed E-state index contributed by atoms with van der Waals surface area (Å²) >= 11 is 1.83. The minimum atomic E-state index is -0.142. The third kappa shape index (κ3) is 4.55.